The van der Waals surface area contributed by atoms with Crippen LogP contribution < -0.4 is 0 Å². The molecule has 0 saturated heterocycles. The molecule has 4 heteroatoms. The summed E-state index contributed by atoms with van der Waals surface area (Å²) in [6.45, 7) is 2.04. The van der Waals surface area contributed by atoms with Crippen LogP contribution in [0.25, 0.3) is 10.9 Å². The van der Waals surface area contributed by atoms with Crippen molar-refractivity contribution in [3.63, 3.8) is 0 Å². The molecule has 0 N–H and O–H groups in total. The summed E-state index contributed by atoms with van der Waals surface area (Å²) >= 11 is 15.3. The molecule has 1 nitrogen and oxygen atoms in total. The normalized spacial score (nSPS) is 10.9. The average molecular weight is 305 g/mol. The van der Waals surface area contributed by atoms with Crippen LogP contribution in [-0.2, 0) is 5.88 Å². The van der Waals surface area contributed by atoms with Crippen molar-refractivity contribution in [3.8, 4) is 0 Å². The first-order valence-electron chi connectivity index (χ1n) is 4.43. The van der Waals surface area contributed by atoms with E-state index in [9.17, 15) is 0 Å². The van der Waals surface area contributed by atoms with Gasteiger partial charge in [0.2, 0.25) is 0 Å². The largest absolute Gasteiger partial charge is 0.235 e. The molecule has 0 aliphatic rings. The molecule has 2 rings (SSSR count). The summed E-state index contributed by atoms with van der Waals surface area (Å²) in [5.41, 5.74) is 2.92. The van der Waals surface area contributed by atoms with E-state index in [0.717, 1.165) is 20.9 Å². The molecular formula is C11H8BrCl2N. The second-order valence-corrected chi connectivity index (χ2v) is 4.81. The fourth-order valence-corrected chi connectivity index (χ4v) is 2.39. The topological polar surface area (TPSA) is 12.9 Å². The molecule has 0 saturated carbocycles. The lowest BCUT2D eigenvalue weighted by Gasteiger charge is -2.07. The van der Waals surface area contributed by atoms with E-state index in [1.165, 1.54) is 5.56 Å². The quantitative estimate of drug-likeness (QED) is 0.550. The van der Waals surface area contributed by atoms with Crippen molar-refractivity contribution in [2.24, 2.45) is 0 Å². The lowest BCUT2D eigenvalue weighted by atomic mass is 10.1. The highest BCUT2D eigenvalue weighted by Gasteiger charge is 2.08. The molecule has 1 aromatic carbocycles. The fourth-order valence-electron chi connectivity index (χ4n) is 1.48. The molecule has 0 aliphatic heterocycles. The number of rotatable bonds is 1. The third kappa shape index (κ3) is 1.99. The molecule has 0 radical (unpaired) electrons. The van der Waals surface area contributed by atoms with E-state index in [1.807, 2.05) is 25.1 Å². The first kappa shape index (κ1) is 11.2. The zero-order valence-electron chi connectivity index (χ0n) is 8.02. The standard InChI is InChI=1S/C11H8BrCl2N/c1-6-2-3-9(12)10-8(6)4-7(5-13)11(14)15-10/h2-4H,5H2,1H3. The molecule has 0 amide bonds. The molecular weight excluding hydrogens is 297 g/mol. The number of nitrogens with zero attached hydrogens (tertiary/aromatic N) is 1. The Labute approximate surface area is 107 Å². The summed E-state index contributed by atoms with van der Waals surface area (Å²) in [6.07, 6.45) is 0. The van der Waals surface area contributed by atoms with Gasteiger partial charge in [0.05, 0.1) is 11.4 Å². The molecule has 78 valence electrons. The van der Waals surface area contributed by atoms with Crippen LogP contribution in [0.3, 0.4) is 0 Å². The number of aromatic nitrogens is 1. The predicted octanol–water partition coefficient (Wildman–Crippen LogP) is 4.70. The predicted molar refractivity (Wildman–Crippen MR) is 68.7 cm³/mol. The van der Waals surface area contributed by atoms with Gasteiger partial charge < -0.3 is 0 Å². The molecule has 2 aromatic rings. The Morgan fingerprint density at radius 3 is 2.80 bits per heavy atom. The van der Waals surface area contributed by atoms with Crippen LogP contribution >= 0.6 is 39.1 Å². The van der Waals surface area contributed by atoms with E-state index >= 15 is 0 Å². The summed E-state index contributed by atoms with van der Waals surface area (Å²) in [7, 11) is 0. The number of fused-ring (bicyclic) bond motifs is 1. The van der Waals surface area contributed by atoms with Crippen LogP contribution in [0.4, 0.5) is 0 Å². The number of halogens is 3. The van der Waals surface area contributed by atoms with Gasteiger partial charge in [-0.15, -0.1) is 11.6 Å². The van der Waals surface area contributed by atoms with Crippen molar-refractivity contribution < 1.29 is 0 Å². The molecule has 15 heavy (non-hydrogen) atoms. The lowest BCUT2D eigenvalue weighted by molar-refractivity contribution is 1.29. The summed E-state index contributed by atoms with van der Waals surface area (Å²) in [4.78, 5) is 4.34. The smallest absolute Gasteiger partial charge is 0.134 e. The summed E-state index contributed by atoms with van der Waals surface area (Å²) in [5, 5.41) is 1.56. The Morgan fingerprint density at radius 2 is 2.13 bits per heavy atom. The second kappa shape index (κ2) is 4.28. The summed E-state index contributed by atoms with van der Waals surface area (Å²) < 4.78 is 0.950. The summed E-state index contributed by atoms with van der Waals surface area (Å²) in [5.74, 6) is 0.383. The number of pyridine rings is 1. The Balaban J connectivity index is 2.86. The number of benzene rings is 1. The van der Waals surface area contributed by atoms with E-state index in [-0.39, 0.29) is 0 Å². The summed E-state index contributed by atoms with van der Waals surface area (Å²) in [6, 6.07) is 6.01. The van der Waals surface area contributed by atoms with Crippen molar-refractivity contribution in [1.82, 2.24) is 4.98 Å². The van der Waals surface area contributed by atoms with Crippen molar-refractivity contribution in [2.75, 3.05) is 0 Å². The number of alkyl halides is 1. The van der Waals surface area contributed by atoms with Gasteiger partial charge in [-0.25, -0.2) is 4.98 Å². The molecule has 0 atom stereocenters. The van der Waals surface area contributed by atoms with Gasteiger partial charge in [0, 0.05) is 15.4 Å². The SMILES string of the molecule is Cc1ccc(Br)c2nc(Cl)c(CCl)cc12. The van der Waals surface area contributed by atoms with Gasteiger partial charge in [-0.3, -0.25) is 0 Å². The number of hydrogen-bond donors (Lipinski definition) is 0. The van der Waals surface area contributed by atoms with Crippen LogP contribution in [0.2, 0.25) is 5.15 Å². The minimum absolute atomic E-state index is 0.383. The van der Waals surface area contributed by atoms with Crippen LogP contribution in [0.1, 0.15) is 11.1 Å². The van der Waals surface area contributed by atoms with Crippen LogP contribution in [0, 0.1) is 6.92 Å². The van der Waals surface area contributed by atoms with Gasteiger partial charge in [0.15, 0.2) is 0 Å². The van der Waals surface area contributed by atoms with Crippen molar-refractivity contribution in [2.45, 2.75) is 12.8 Å². The third-order valence-corrected chi connectivity index (χ3v) is 3.58. The van der Waals surface area contributed by atoms with Gasteiger partial charge >= 0.3 is 0 Å². The molecule has 1 heterocycles. The van der Waals surface area contributed by atoms with Crippen molar-refractivity contribution in [1.29, 1.82) is 0 Å². The lowest BCUT2D eigenvalue weighted by Crippen LogP contribution is -1.90. The number of aryl methyl sites for hydroxylation is 1. The molecule has 0 aliphatic carbocycles. The monoisotopic (exact) mass is 303 g/mol. The van der Waals surface area contributed by atoms with Gasteiger partial charge in [-0.05, 0) is 40.5 Å². The zero-order valence-corrected chi connectivity index (χ0v) is 11.1. The van der Waals surface area contributed by atoms with Crippen LogP contribution in [0.5, 0.6) is 0 Å². The van der Waals surface area contributed by atoms with Gasteiger partial charge in [0.25, 0.3) is 0 Å². The minimum atomic E-state index is 0.383. The van der Waals surface area contributed by atoms with Gasteiger partial charge in [-0.1, -0.05) is 17.7 Å². The minimum Gasteiger partial charge on any atom is -0.235 e. The van der Waals surface area contributed by atoms with Crippen molar-refractivity contribution in [3.05, 3.63) is 39.0 Å². The van der Waals surface area contributed by atoms with E-state index < -0.39 is 0 Å². The van der Waals surface area contributed by atoms with Crippen LogP contribution in [0.15, 0.2) is 22.7 Å². The highest BCUT2D eigenvalue weighted by Crippen LogP contribution is 2.29. The maximum atomic E-state index is 6.01. The van der Waals surface area contributed by atoms with Gasteiger partial charge in [0.1, 0.15) is 5.15 Å². The fraction of sp³-hybridized carbons (Fsp3) is 0.182. The highest BCUT2D eigenvalue weighted by molar-refractivity contribution is 9.10. The zero-order chi connectivity index (χ0) is 11.0. The molecule has 0 spiro atoms. The first-order valence-corrected chi connectivity index (χ1v) is 6.14. The number of hydrogen-bond acceptors (Lipinski definition) is 1. The van der Waals surface area contributed by atoms with E-state index in [1.54, 1.807) is 0 Å². The Morgan fingerprint density at radius 1 is 1.40 bits per heavy atom. The maximum Gasteiger partial charge on any atom is 0.134 e. The maximum absolute atomic E-state index is 6.01. The van der Waals surface area contributed by atoms with Gasteiger partial charge in [-0.2, -0.15) is 0 Å². The Kier molecular flexibility index (Phi) is 3.19. The Bertz CT molecular complexity index is 525. The highest BCUT2D eigenvalue weighted by atomic mass is 79.9. The molecule has 0 fully saturated rings. The van der Waals surface area contributed by atoms with E-state index in [0.29, 0.717) is 11.0 Å². The van der Waals surface area contributed by atoms with Crippen LogP contribution in [-0.4, -0.2) is 4.98 Å². The Hall–Kier alpha value is -0.310. The van der Waals surface area contributed by atoms with E-state index in [2.05, 4.69) is 20.9 Å². The third-order valence-electron chi connectivity index (χ3n) is 2.32. The molecule has 0 unspecified atom stereocenters. The average Bonchev–Trinajstić information content (AvgIpc) is 2.23. The van der Waals surface area contributed by atoms with E-state index in [4.69, 9.17) is 23.2 Å². The van der Waals surface area contributed by atoms with Crippen molar-refractivity contribution >= 4 is 50.0 Å². The second-order valence-electron chi connectivity index (χ2n) is 3.33. The first-order chi connectivity index (χ1) is 7.13. The molecule has 0 bridgehead atoms. The molecule has 1 aromatic heterocycles.